The minimum Gasteiger partial charge on any atom is -0.365 e. The molecule has 0 atom stereocenters. The standard InChI is InChI=1S/C25H16ClF3N6O3S2/c1-11-15-9-12(26)5-8-17(15)39-20(11)14-3-2-4-16(18(14)23(36)34-40(37)38)35-10-30-19-21(31-13-6-7-13)32-24(25(27,28)29)33-22(19)35/h2-5,8-10,13H,6-7H2,1H3,(H,31,32,33). The van der Waals surface area contributed by atoms with E-state index in [0.717, 1.165) is 28.5 Å². The molecular formula is C25H16ClF3N6O3S2. The average molecular weight is 605 g/mol. The molecule has 1 N–H and O–H groups in total. The van der Waals surface area contributed by atoms with Gasteiger partial charge in [-0.3, -0.25) is 9.36 Å². The molecule has 1 fully saturated rings. The van der Waals surface area contributed by atoms with Crippen molar-refractivity contribution in [3.63, 3.8) is 0 Å². The normalized spacial score (nSPS) is 13.6. The molecule has 3 aromatic heterocycles. The smallest absolute Gasteiger partial charge is 0.365 e. The first-order valence-corrected chi connectivity index (χ1v) is 14.0. The Morgan fingerprint density at radius 2 is 1.98 bits per heavy atom. The van der Waals surface area contributed by atoms with E-state index in [-0.39, 0.29) is 34.3 Å². The molecule has 1 saturated carbocycles. The van der Waals surface area contributed by atoms with Crippen LogP contribution in [0.4, 0.5) is 19.0 Å². The third-order valence-corrected chi connectivity index (χ3v) is 8.24. The molecule has 0 aliphatic heterocycles. The number of alkyl halides is 3. The summed E-state index contributed by atoms with van der Waals surface area (Å²) < 4.78 is 69.4. The summed E-state index contributed by atoms with van der Waals surface area (Å²) in [4.78, 5) is 25.6. The Hall–Kier alpha value is -3.88. The highest BCUT2D eigenvalue weighted by molar-refractivity contribution is 7.62. The van der Waals surface area contributed by atoms with Crippen LogP contribution in [0.2, 0.25) is 5.02 Å². The lowest BCUT2D eigenvalue weighted by molar-refractivity contribution is -0.144. The van der Waals surface area contributed by atoms with Gasteiger partial charge >= 0.3 is 16.7 Å². The van der Waals surface area contributed by atoms with E-state index in [4.69, 9.17) is 11.6 Å². The van der Waals surface area contributed by atoms with Crippen LogP contribution in [-0.2, 0) is 16.7 Å². The molecule has 3 heterocycles. The summed E-state index contributed by atoms with van der Waals surface area (Å²) in [5, 5.41) is 4.32. The van der Waals surface area contributed by atoms with Gasteiger partial charge in [0.15, 0.2) is 17.0 Å². The van der Waals surface area contributed by atoms with Crippen molar-refractivity contribution < 1.29 is 26.4 Å². The molecule has 1 amide bonds. The summed E-state index contributed by atoms with van der Waals surface area (Å²) >= 11 is 7.54. The Morgan fingerprint density at radius 3 is 2.67 bits per heavy atom. The van der Waals surface area contributed by atoms with Crippen molar-refractivity contribution in [3.05, 3.63) is 64.7 Å². The fourth-order valence-electron chi connectivity index (χ4n) is 4.44. The van der Waals surface area contributed by atoms with Gasteiger partial charge in [-0.05, 0) is 55.0 Å². The number of carbonyl (C=O) groups excluding carboxylic acids is 1. The summed E-state index contributed by atoms with van der Waals surface area (Å²) in [5.74, 6) is -2.56. The Kier molecular flexibility index (Phi) is 6.35. The van der Waals surface area contributed by atoms with Crippen LogP contribution in [0.25, 0.3) is 37.4 Å². The predicted molar refractivity (Wildman–Crippen MR) is 145 cm³/mol. The number of nitrogens with zero attached hydrogens (tertiary/aromatic N) is 5. The number of thiophene rings is 1. The lowest BCUT2D eigenvalue weighted by Gasteiger charge is -2.14. The number of carbonyl (C=O) groups is 1. The Bertz CT molecular complexity index is 1990. The highest BCUT2D eigenvalue weighted by atomic mass is 35.5. The molecule has 0 saturated heterocycles. The van der Waals surface area contributed by atoms with Gasteiger partial charge in [-0.25, -0.2) is 15.0 Å². The number of nitrogens with one attached hydrogen (secondary N) is 1. The number of anilines is 1. The maximum Gasteiger partial charge on any atom is 0.451 e. The number of hydrogen-bond acceptors (Lipinski definition) is 8. The Labute approximate surface area is 234 Å². The number of halogens is 4. The molecular weight excluding hydrogens is 589 g/mol. The number of hydrogen-bond donors (Lipinski definition) is 1. The zero-order chi connectivity index (χ0) is 28.3. The number of amides is 1. The van der Waals surface area contributed by atoms with Gasteiger partial charge < -0.3 is 5.32 Å². The first-order valence-electron chi connectivity index (χ1n) is 11.8. The number of rotatable bonds is 5. The van der Waals surface area contributed by atoms with E-state index in [9.17, 15) is 26.4 Å². The van der Waals surface area contributed by atoms with E-state index < -0.39 is 28.4 Å². The van der Waals surface area contributed by atoms with Crippen LogP contribution in [-0.4, -0.2) is 39.9 Å². The average Bonchev–Trinajstić information content (AvgIpc) is 3.51. The maximum absolute atomic E-state index is 13.8. The number of aromatic nitrogens is 4. The fraction of sp³-hybridized carbons (Fsp3) is 0.200. The molecule has 1 aliphatic carbocycles. The van der Waals surface area contributed by atoms with E-state index in [1.807, 2.05) is 13.0 Å². The lowest BCUT2D eigenvalue weighted by Crippen LogP contribution is -2.15. The van der Waals surface area contributed by atoms with Crippen LogP contribution in [0.1, 0.15) is 34.6 Å². The van der Waals surface area contributed by atoms with Crippen molar-refractivity contribution in [1.29, 1.82) is 0 Å². The third-order valence-electron chi connectivity index (χ3n) is 6.38. The monoisotopic (exact) mass is 604 g/mol. The second-order valence-electron chi connectivity index (χ2n) is 9.11. The summed E-state index contributed by atoms with van der Waals surface area (Å²) in [6.07, 6.45) is -2.07. The van der Waals surface area contributed by atoms with E-state index in [1.54, 1.807) is 24.3 Å². The van der Waals surface area contributed by atoms with E-state index in [1.165, 1.54) is 28.3 Å². The second kappa shape index (κ2) is 9.64. The maximum atomic E-state index is 13.8. The Balaban J connectivity index is 1.64. The van der Waals surface area contributed by atoms with Crippen LogP contribution in [0.15, 0.2) is 47.1 Å². The molecule has 0 spiro atoms. The van der Waals surface area contributed by atoms with Gasteiger partial charge in [0.2, 0.25) is 5.82 Å². The number of imidazole rings is 1. The molecule has 15 heteroatoms. The zero-order valence-electron chi connectivity index (χ0n) is 20.3. The summed E-state index contributed by atoms with van der Waals surface area (Å²) in [5.41, 5.74) is 0.897. The SMILES string of the molecule is Cc1c(-c2cccc(-n3cnc4c(NC5CC5)nc(C(F)(F)F)nc43)c2C(=O)N=S(=O)=O)sc2ccc(Cl)cc12. The molecule has 5 aromatic rings. The molecule has 40 heavy (non-hydrogen) atoms. The van der Waals surface area contributed by atoms with Crippen LogP contribution in [0.3, 0.4) is 0 Å². The largest absolute Gasteiger partial charge is 0.451 e. The van der Waals surface area contributed by atoms with E-state index >= 15 is 0 Å². The molecule has 2 aromatic carbocycles. The lowest BCUT2D eigenvalue weighted by atomic mass is 9.99. The molecule has 0 bridgehead atoms. The van der Waals surface area contributed by atoms with Crippen molar-refractivity contribution in [1.82, 2.24) is 19.5 Å². The van der Waals surface area contributed by atoms with E-state index in [0.29, 0.717) is 15.5 Å². The summed E-state index contributed by atoms with van der Waals surface area (Å²) in [7, 11) is -3.08. The zero-order valence-corrected chi connectivity index (χ0v) is 22.7. The predicted octanol–water partition coefficient (Wildman–Crippen LogP) is 6.46. The molecule has 1 aliphatic rings. The first-order chi connectivity index (χ1) is 19.0. The number of aryl methyl sites for hydroxylation is 1. The fourth-order valence-corrected chi connectivity index (χ4v) is 6.06. The summed E-state index contributed by atoms with van der Waals surface area (Å²) in [6, 6.07) is 9.99. The topological polar surface area (TPSA) is 119 Å². The van der Waals surface area contributed by atoms with Crippen molar-refractivity contribution in [2.45, 2.75) is 32.0 Å². The molecule has 9 nitrogen and oxygen atoms in total. The third kappa shape index (κ3) is 4.71. The quantitative estimate of drug-likeness (QED) is 0.245. The van der Waals surface area contributed by atoms with Crippen LogP contribution < -0.4 is 5.32 Å². The van der Waals surface area contributed by atoms with Gasteiger partial charge in [-0.2, -0.15) is 21.6 Å². The van der Waals surface area contributed by atoms with Crippen molar-refractivity contribution in [2.24, 2.45) is 4.36 Å². The van der Waals surface area contributed by atoms with Crippen molar-refractivity contribution in [2.75, 3.05) is 5.32 Å². The van der Waals surface area contributed by atoms with Crippen LogP contribution >= 0.6 is 22.9 Å². The van der Waals surface area contributed by atoms with Gasteiger partial charge in [0, 0.05) is 26.2 Å². The van der Waals surface area contributed by atoms with Gasteiger partial charge in [0.25, 0.3) is 5.91 Å². The Morgan fingerprint density at radius 1 is 1.20 bits per heavy atom. The van der Waals surface area contributed by atoms with Gasteiger partial charge in [0.05, 0.1) is 11.3 Å². The highest BCUT2D eigenvalue weighted by Crippen LogP contribution is 2.42. The first kappa shape index (κ1) is 26.3. The van der Waals surface area contributed by atoms with Gasteiger partial charge in [-0.1, -0.05) is 28.1 Å². The van der Waals surface area contributed by atoms with Crippen LogP contribution in [0, 0.1) is 6.92 Å². The minimum atomic E-state index is -4.85. The van der Waals surface area contributed by atoms with Gasteiger partial charge in [-0.15, -0.1) is 11.3 Å². The number of fused-ring (bicyclic) bond motifs is 2. The van der Waals surface area contributed by atoms with Crippen molar-refractivity contribution in [3.8, 4) is 16.1 Å². The molecule has 0 unspecified atom stereocenters. The van der Waals surface area contributed by atoms with E-state index in [2.05, 4.69) is 24.6 Å². The van der Waals surface area contributed by atoms with Gasteiger partial charge in [0.1, 0.15) is 6.33 Å². The second-order valence-corrected chi connectivity index (χ2v) is 11.2. The molecule has 6 rings (SSSR count). The summed E-state index contributed by atoms with van der Waals surface area (Å²) in [6.45, 7) is 1.83. The molecule has 204 valence electrons. The molecule has 0 radical (unpaired) electrons. The van der Waals surface area contributed by atoms with Crippen LogP contribution in [0.5, 0.6) is 0 Å². The van der Waals surface area contributed by atoms with Crippen molar-refractivity contribution >= 4 is 66.4 Å². The number of benzene rings is 2. The highest BCUT2D eigenvalue weighted by Gasteiger charge is 2.37. The minimum absolute atomic E-state index is 0.0277.